The Hall–Kier alpha value is -1.82. The lowest BCUT2D eigenvalue weighted by Gasteiger charge is -2.23. The number of fused-ring (bicyclic) bond motifs is 1. The minimum Gasteiger partial charge on any atom is -0.443 e. The number of aromatic nitrogens is 1. The maximum absolute atomic E-state index is 12.5. The van der Waals surface area contributed by atoms with E-state index in [9.17, 15) is 9.59 Å². The van der Waals surface area contributed by atoms with Gasteiger partial charge >= 0.3 is 6.09 Å². The van der Waals surface area contributed by atoms with Crippen LogP contribution in [0.25, 0.3) is 0 Å². The van der Waals surface area contributed by atoms with Crippen LogP contribution in [0.3, 0.4) is 0 Å². The summed E-state index contributed by atoms with van der Waals surface area (Å²) in [5.41, 5.74) is 0.291. The lowest BCUT2D eigenvalue weighted by molar-refractivity contribution is 0.0248. The van der Waals surface area contributed by atoms with E-state index in [0.29, 0.717) is 16.9 Å². The summed E-state index contributed by atoms with van der Waals surface area (Å²) in [5.74, 6) is 0.195. The fourth-order valence-corrected chi connectivity index (χ4v) is 2.40. The number of carbonyl (C=O) groups excluding carboxylic acids is 2. The summed E-state index contributed by atoms with van der Waals surface area (Å²) in [5, 5.41) is 0.240. The summed E-state index contributed by atoms with van der Waals surface area (Å²) in [6, 6.07) is 1.88. The molecule has 0 N–H and O–H groups in total. The van der Waals surface area contributed by atoms with Gasteiger partial charge in [-0.15, -0.1) is 0 Å². The van der Waals surface area contributed by atoms with Crippen molar-refractivity contribution >= 4 is 29.4 Å². The molecule has 2 rings (SSSR count). The number of amides is 2. The van der Waals surface area contributed by atoms with Crippen molar-refractivity contribution in [3.63, 3.8) is 0 Å². The Bertz CT molecular complexity index is 653. The average Bonchev–Trinajstić information content (AvgIpc) is 2.74. The van der Waals surface area contributed by atoms with Gasteiger partial charge in [0.2, 0.25) is 0 Å². The summed E-state index contributed by atoms with van der Waals surface area (Å²) in [6.07, 6.45) is -0.673. The molecule has 0 unspecified atom stereocenters. The first-order chi connectivity index (χ1) is 10.5. The van der Waals surface area contributed by atoms with Gasteiger partial charge in [0.25, 0.3) is 5.91 Å². The smallest absolute Gasteiger partial charge is 0.417 e. The van der Waals surface area contributed by atoms with E-state index in [2.05, 4.69) is 4.98 Å². The summed E-state index contributed by atoms with van der Waals surface area (Å²) in [7, 11) is 1.88. The number of carbonyl (C=O) groups is 2. The Morgan fingerprint density at radius 2 is 2.04 bits per heavy atom. The van der Waals surface area contributed by atoms with Gasteiger partial charge in [0, 0.05) is 18.7 Å². The highest BCUT2D eigenvalue weighted by molar-refractivity contribution is 6.31. The largest absolute Gasteiger partial charge is 0.443 e. The second-order valence-electron chi connectivity index (χ2n) is 6.87. The van der Waals surface area contributed by atoms with E-state index in [1.54, 1.807) is 26.8 Å². The fraction of sp³-hybridized carbons (Fsp3) is 0.562. The number of ether oxygens (including phenoxy) is 1. The molecule has 2 amide bonds. The summed E-state index contributed by atoms with van der Waals surface area (Å²) in [6.45, 7) is 9.37. The molecule has 7 heteroatoms. The third kappa shape index (κ3) is 3.58. The van der Waals surface area contributed by atoms with Gasteiger partial charge in [-0.25, -0.2) is 14.7 Å². The molecule has 23 heavy (non-hydrogen) atoms. The summed E-state index contributed by atoms with van der Waals surface area (Å²) in [4.78, 5) is 32.0. The number of imide groups is 1. The molecular formula is C16H22ClN3O3. The number of nitrogens with zero attached hydrogens (tertiary/aromatic N) is 3. The summed E-state index contributed by atoms with van der Waals surface area (Å²) >= 11 is 6.22. The molecule has 0 saturated heterocycles. The van der Waals surface area contributed by atoms with E-state index in [1.165, 1.54) is 0 Å². The number of halogens is 1. The van der Waals surface area contributed by atoms with Gasteiger partial charge in [-0.2, -0.15) is 0 Å². The molecule has 0 spiro atoms. The van der Waals surface area contributed by atoms with Crippen molar-refractivity contribution in [2.45, 2.75) is 52.8 Å². The van der Waals surface area contributed by atoms with E-state index >= 15 is 0 Å². The van der Waals surface area contributed by atoms with Crippen molar-refractivity contribution in [2.75, 3.05) is 11.9 Å². The quantitative estimate of drug-likeness (QED) is 0.772. The van der Waals surface area contributed by atoms with Crippen LogP contribution in [-0.2, 0) is 11.3 Å². The average molecular weight is 340 g/mol. The van der Waals surface area contributed by atoms with Crippen molar-refractivity contribution in [3.05, 3.63) is 22.3 Å². The van der Waals surface area contributed by atoms with Crippen LogP contribution < -0.4 is 4.90 Å². The first-order valence-corrected chi connectivity index (χ1v) is 7.86. The third-order valence-electron chi connectivity index (χ3n) is 3.60. The van der Waals surface area contributed by atoms with Crippen LogP contribution in [0.4, 0.5) is 10.6 Å². The van der Waals surface area contributed by atoms with Crippen LogP contribution in [0.2, 0.25) is 5.15 Å². The molecule has 0 atom stereocenters. The Morgan fingerprint density at radius 1 is 1.43 bits per heavy atom. The zero-order valence-electron chi connectivity index (χ0n) is 14.3. The number of rotatable bonds is 2. The predicted molar refractivity (Wildman–Crippen MR) is 88.9 cm³/mol. The number of pyridine rings is 1. The van der Waals surface area contributed by atoms with Crippen LogP contribution in [0, 0.1) is 0 Å². The SMILES string of the molecule is CC(C)N(C)c1cc2c(c(Cl)n1)CN(C(=O)OC(C)(C)C)C2=O. The highest BCUT2D eigenvalue weighted by atomic mass is 35.5. The molecule has 2 heterocycles. The lowest BCUT2D eigenvalue weighted by atomic mass is 10.1. The first kappa shape index (κ1) is 17.5. The van der Waals surface area contributed by atoms with Crippen molar-refractivity contribution in [1.29, 1.82) is 0 Å². The molecule has 0 aromatic carbocycles. The van der Waals surface area contributed by atoms with Crippen LogP contribution >= 0.6 is 11.6 Å². The molecule has 0 radical (unpaired) electrons. The third-order valence-corrected chi connectivity index (χ3v) is 3.91. The van der Waals surface area contributed by atoms with Crippen LogP contribution in [0.1, 0.15) is 50.5 Å². The molecule has 0 saturated carbocycles. The number of hydrogen-bond acceptors (Lipinski definition) is 5. The van der Waals surface area contributed by atoms with E-state index in [1.807, 2.05) is 25.8 Å². The van der Waals surface area contributed by atoms with Gasteiger partial charge in [-0.1, -0.05) is 11.6 Å². The molecule has 6 nitrogen and oxygen atoms in total. The van der Waals surface area contributed by atoms with Gasteiger partial charge in [-0.3, -0.25) is 4.79 Å². The highest BCUT2D eigenvalue weighted by Crippen LogP contribution is 2.32. The van der Waals surface area contributed by atoms with Crippen LogP contribution in [-0.4, -0.2) is 40.6 Å². The van der Waals surface area contributed by atoms with E-state index < -0.39 is 17.6 Å². The van der Waals surface area contributed by atoms with Gasteiger partial charge in [-0.05, 0) is 40.7 Å². The van der Waals surface area contributed by atoms with Crippen molar-refractivity contribution < 1.29 is 14.3 Å². The van der Waals surface area contributed by atoms with Gasteiger partial charge < -0.3 is 9.64 Å². The second-order valence-corrected chi connectivity index (χ2v) is 7.23. The van der Waals surface area contributed by atoms with Crippen molar-refractivity contribution in [2.24, 2.45) is 0 Å². The summed E-state index contributed by atoms with van der Waals surface area (Å²) < 4.78 is 5.27. The van der Waals surface area contributed by atoms with Crippen LogP contribution in [0.15, 0.2) is 6.07 Å². The Morgan fingerprint density at radius 3 is 2.57 bits per heavy atom. The topological polar surface area (TPSA) is 62.7 Å². The Labute approximate surface area is 141 Å². The highest BCUT2D eigenvalue weighted by Gasteiger charge is 2.37. The lowest BCUT2D eigenvalue weighted by Crippen LogP contribution is -2.36. The van der Waals surface area contributed by atoms with E-state index in [-0.39, 0.29) is 17.7 Å². The molecule has 126 valence electrons. The molecule has 1 aliphatic heterocycles. The number of hydrogen-bond donors (Lipinski definition) is 0. The normalized spacial score (nSPS) is 14.3. The van der Waals surface area contributed by atoms with Gasteiger partial charge in [0.1, 0.15) is 16.6 Å². The van der Waals surface area contributed by atoms with Crippen LogP contribution in [0.5, 0.6) is 0 Å². The van der Waals surface area contributed by atoms with E-state index in [0.717, 1.165) is 4.90 Å². The standard InChI is InChI=1S/C16H22ClN3O3/c1-9(2)19(6)12-7-10-11(13(17)18-12)8-20(14(10)21)15(22)23-16(3,4)5/h7,9H,8H2,1-6H3. The fourth-order valence-electron chi connectivity index (χ4n) is 2.15. The number of anilines is 1. The molecule has 1 aliphatic rings. The first-order valence-electron chi connectivity index (χ1n) is 7.48. The zero-order chi connectivity index (χ0) is 17.5. The monoisotopic (exact) mass is 339 g/mol. The Balaban J connectivity index is 2.33. The molecular weight excluding hydrogens is 318 g/mol. The molecule has 1 aromatic heterocycles. The van der Waals surface area contributed by atoms with Crippen molar-refractivity contribution in [1.82, 2.24) is 9.88 Å². The molecule has 0 bridgehead atoms. The van der Waals surface area contributed by atoms with Gasteiger partial charge in [0.05, 0.1) is 12.1 Å². The molecule has 0 fully saturated rings. The maximum atomic E-state index is 12.5. The minimum atomic E-state index is -0.673. The maximum Gasteiger partial charge on any atom is 0.417 e. The molecule has 1 aromatic rings. The van der Waals surface area contributed by atoms with E-state index in [4.69, 9.17) is 16.3 Å². The van der Waals surface area contributed by atoms with Gasteiger partial charge in [0.15, 0.2) is 0 Å². The zero-order valence-corrected chi connectivity index (χ0v) is 15.1. The molecule has 0 aliphatic carbocycles. The van der Waals surface area contributed by atoms with Crippen molar-refractivity contribution in [3.8, 4) is 0 Å². The Kier molecular flexibility index (Phi) is 4.57. The second kappa shape index (κ2) is 6.00. The minimum absolute atomic E-state index is 0.0839. The predicted octanol–water partition coefficient (Wildman–Crippen LogP) is 3.47.